The van der Waals surface area contributed by atoms with Crippen LogP contribution in [-0.4, -0.2) is 4.98 Å². The van der Waals surface area contributed by atoms with Gasteiger partial charge in [0.2, 0.25) is 0 Å². The maximum atomic E-state index is 4.33. The fourth-order valence-electron chi connectivity index (χ4n) is 2.08. The van der Waals surface area contributed by atoms with Gasteiger partial charge in [0.15, 0.2) is 0 Å². The average Bonchev–Trinajstić information content (AvgIpc) is 2.90. The van der Waals surface area contributed by atoms with Gasteiger partial charge in [-0.25, -0.2) is 0 Å². The zero-order valence-corrected chi connectivity index (χ0v) is 11.7. The highest BCUT2D eigenvalue weighted by Crippen LogP contribution is 2.29. The summed E-state index contributed by atoms with van der Waals surface area (Å²) in [6, 6.07) is 17.2. The molecule has 0 spiro atoms. The van der Waals surface area contributed by atoms with Gasteiger partial charge in [0.05, 0.1) is 5.69 Å². The Labute approximate surface area is 117 Å². The summed E-state index contributed by atoms with van der Waals surface area (Å²) in [6.45, 7) is 3.00. The zero-order chi connectivity index (χ0) is 13.1. The maximum absolute atomic E-state index is 4.33. The van der Waals surface area contributed by atoms with Crippen molar-refractivity contribution in [2.45, 2.75) is 19.5 Å². The molecule has 0 radical (unpaired) electrons. The Morgan fingerprint density at radius 2 is 2.00 bits per heavy atom. The number of rotatable bonds is 4. The molecule has 0 aliphatic heterocycles. The number of hydrogen-bond acceptors (Lipinski definition) is 3. The predicted octanol–water partition coefficient (Wildman–Crippen LogP) is 4.15. The molecule has 0 saturated carbocycles. The normalized spacial score (nSPS) is 12.7. The van der Waals surface area contributed by atoms with Crippen LogP contribution in [0.1, 0.15) is 23.5 Å². The van der Waals surface area contributed by atoms with Gasteiger partial charge in [-0.05, 0) is 36.6 Å². The number of hydrogen-bond donors (Lipinski definition) is 1. The van der Waals surface area contributed by atoms with Crippen LogP contribution in [0.25, 0.3) is 10.1 Å². The van der Waals surface area contributed by atoms with Crippen molar-refractivity contribution in [2.24, 2.45) is 0 Å². The van der Waals surface area contributed by atoms with Gasteiger partial charge in [-0.2, -0.15) is 0 Å². The Morgan fingerprint density at radius 3 is 2.79 bits per heavy atom. The predicted molar refractivity (Wildman–Crippen MR) is 81.3 cm³/mol. The highest BCUT2D eigenvalue weighted by molar-refractivity contribution is 7.19. The van der Waals surface area contributed by atoms with Crippen molar-refractivity contribution in [1.29, 1.82) is 0 Å². The molecule has 0 bridgehead atoms. The second kappa shape index (κ2) is 5.51. The molecule has 3 rings (SSSR count). The minimum absolute atomic E-state index is 0.347. The van der Waals surface area contributed by atoms with E-state index in [2.05, 4.69) is 47.6 Å². The number of benzene rings is 1. The third-order valence-electron chi connectivity index (χ3n) is 3.19. The molecule has 3 aromatic rings. The lowest BCUT2D eigenvalue weighted by Crippen LogP contribution is -2.17. The first-order valence-corrected chi connectivity index (χ1v) is 7.26. The van der Waals surface area contributed by atoms with Crippen molar-refractivity contribution in [3.63, 3.8) is 0 Å². The molecular weight excluding hydrogens is 252 g/mol. The number of aromatic nitrogens is 1. The summed E-state index contributed by atoms with van der Waals surface area (Å²) in [6.07, 6.45) is 1.83. The third-order valence-corrected chi connectivity index (χ3v) is 4.49. The van der Waals surface area contributed by atoms with Crippen molar-refractivity contribution in [3.8, 4) is 0 Å². The highest BCUT2D eigenvalue weighted by Gasteiger charge is 2.09. The van der Waals surface area contributed by atoms with Gasteiger partial charge in [0, 0.05) is 28.4 Å². The van der Waals surface area contributed by atoms with Crippen molar-refractivity contribution in [1.82, 2.24) is 10.3 Å². The van der Waals surface area contributed by atoms with E-state index in [9.17, 15) is 0 Å². The Hall–Kier alpha value is -1.71. The van der Waals surface area contributed by atoms with E-state index in [4.69, 9.17) is 0 Å². The molecule has 1 N–H and O–H groups in total. The first-order valence-electron chi connectivity index (χ1n) is 6.45. The third kappa shape index (κ3) is 2.83. The van der Waals surface area contributed by atoms with Crippen LogP contribution in [0.15, 0.2) is 54.7 Å². The maximum Gasteiger partial charge on any atom is 0.0541 e. The summed E-state index contributed by atoms with van der Waals surface area (Å²) < 4.78 is 1.35. The van der Waals surface area contributed by atoms with Crippen LogP contribution >= 0.6 is 11.3 Å². The van der Waals surface area contributed by atoms with Crippen molar-refractivity contribution in [2.75, 3.05) is 0 Å². The Balaban J connectivity index is 1.71. The molecular formula is C16H16N2S. The fourth-order valence-corrected chi connectivity index (χ4v) is 3.17. The van der Waals surface area contributed by atoms with Gasteiger partial charge in [0.25, 0.3) is 0 Å². The molecule has 2 nitrogen and oxygen atoms in total. The minimum atomic E-state index is 0.347. The number of pyridine rings is 1. The molecule has 96 valence electrons. The number of thiophene rings is 1. The molecule has 0 aliphatic carbocycles. The van der Waals surface area contributed by atoms with Crippen LogP contribution in [0.2, 0.25) is 0 Å². The molecule has 19 heavy (non-hydrogen) atoms. The summed E-state index contributed by atoms with van der Waals surface area (Å²) in [5.41, 5.74) is 1.08. The summed E-state index contributed by atoms with van der Waals surface area (Å²) in [5, 5.41) is 4.85. The Kier molecular flexibility index (Phi) is 3.58. The Bertz CT molecular complexity index is 628. The second-order valence-corrected chi connectivity index (χ2v) is 5.73. The van der Waals surface area contributed by atoms with Crippen LogP contribution in [0.3, 0.4) is 0 Å². The van der Waals surface area contributed by atoms with Crippen LogP contribution < -0.4 is 5.32 Å². The van der Waals surface area contributed by atoms with Crippen LogP contribution in [0.5, 0.6) is 0 Å². The summed E-state index contributed by atoms with van der Waals surface area (Å²) >= 11 is 1.86. The molecule has 1 aromatic carbocycles. The van der Waals surface area contributed by atoms with Gasteiger partial charge in [0.1, 0.15) is 0 Å². The van der Waals surface area contributed by atoms with E-state index in [-0.39, 0.29) is 0 Å². The molecule has 0 aliphatic rings. The van der Waals surface area contributed by atoms with Crippen LogP contribution in [0, 0.1) is 0 Å². The fraction of sp³-hybridized carbons (Fsp3) is 0.188. The van der Waals surface area contributed by atoms with Crippen molar-refractivity contribution < 1.29 is 0 Å². The molecule has 0 amide bonds. The number of nitrogens with zero attached hydrogens (tertiary/aromatic N) is 1. The standard InChI is InChI=1S/C16H16N2S/c1-12(18-11-14-7-4-5-9-17-14)16-10-13-6-2-3-8-15(13)19-16/h2-10,12,18H,11H2,1H3. The van der Waals surface area contributed by atoms with Crippen LogP contribution in [-0.2, 0) is 6.54 Å². The first kappa shape index (κ1) is 12.3. The number of fused-ring (bicyclic) bond motifs is 1. The number of nitrogens with one attached hydrogen (secondary N) is 1. The smallest absolute Gasteiger partial charge is 0.0541 e. The lowest BCUT2D eigenvalue weighted by molar-refractivity contribution is 0.576. The molecule has 2 aromatic heterocycles. The van der Waals surface area contributed by atoms with E-state index in [0.717, 1.165) is 12.2 Å². The van der Waals surface area contributed by atoms with Crippen molar-refractivity contribution >= 4 is 21.4 Å². The molecule has 0 saturated heterocycles. The van der Waals surface area contributed by atoms with E-state index >= 15 is 0 Å². The largest absolute Gasteiger partial charge is 0.304 e. The van der Waals surface area contributed by atoms with Gasteiger partial charge < -0.3 is 5.32 Å². The van der Waals surface area contributed by atoms with E-state index in [0.29, 0.717) is 6.04 Å². The quantitative estimate of drug-likeness (QED) is 0.769. The van der Waals surface area contributed by atoms with Gasteiger partial charge >= 0.3 is 0 Å². The summed E-state index contributed by atoms with van der Waals surface area (Å²) in [7, 11) is 0. The molecule has 3 heteroatoms. The lowest BCUT2D eigenvalue weighted by atomic mass is 10.2. The zero-order valence-electron chi connectivity index (χ0n) is 10.8. The van der Waals surface area contributed by atoms with E-state index in [1.54, 1.807) is 0 Å². The Morgan fingerprint density at radius 1 is 1.16 bits per heavy atom. The highest BCUT2D eigenvalue weighted by atomic mass is 32.1. The SMILES string of the molecule is CC(NCc1ccccn1)c1cc2ccccc2s1. The minimum Gasteiger partial charge on any atom is -0.304 e. The van der Waals surface area contributed by atoms with E-state index < -0.39 is 0 Å². The molecule has 2 heterocycles. The van der Waals surface area contributed by atoms with E-state index in [1.165, 1.54) is 15.0 Å². The summed E-state index contributed by atoms with van der Waals surface area (Å²) in [4.78, 5) is 5.70. The van der Waals surface area contributed by atoms with Gasteiger partial charge in [-0.1, -0.05) is 24.3 Å². The topological polar surface area (TPSA) is 24.9 Å². The van der Waals surface area contributed by atoms with E-state index in [1.807, 2.05) is 35.7 Å². The first-order chi connectivity index (χ1) is 9.33. The average molecular weight is 268 g/mol. The monoisotopic (exact) mass is 268 g/mol. The summed E-state index contributed by atoms with van der Waals surface area (Å²) in [5.74, 6) is 0. The lowest BCUT2D eigenvalue weighted by Gasteiger charge is -2.11. The van der Waals surface area contributed by atoms with Crippen molar-refractivity contribution in [3.05, 3.63) is 65.3 Å². The van der Waals surface area contributed by atoms with Gasteiger partial charge in [-0.15, -0.1) is 11.3 Å². The van der Waals surface area contributed by atoms with Crippen LogP contribution in [0.4, 0.5) is 0 Å². The second-order valence-electron chi connectivity index (χ2n) is 4.61. The van der Waals surface area contributed by atoms with Gasteiger partial charge in [-0.3, -0.25) is 4.98 Å². The molecule has 0 fully saturated rings. The molecule has 1 unspecified atom stereocenters. The molecule has 1 atom stereocenters.